The van der Waals surface area contributed by atoms with Crippen molar-refractivity contribution < 1.29 is 4.79 Å². The molecule has 3 rings (SSSR count). The van der Waals surface area contributed by atoms with Crippen LogP contribution in [0.3, 0.4) is 0 Å². The zero-order valence-electron chi connectivity index (χ0n) is 14.9. The average Bonchev–Trinajstić information content (AvgIpc) is 2.65. The quantitative estimate of drug-likeness (QED) is 0.706. The third kappa shape index (κ3) is 3.86. The minimum absolute atomic E-state index is 0.126. The van der Waals surface area contributed by atoms with E-state index in [0.717, 1.165) is 22.2 Å². The number of hydrogen-bond donors (Lipinski definition) is 0. The van der Waals surface area contributed by atoms with Crippen molar-refractivity contribution in [3.8, 4) is 6.07 Å². The van der Waals surface area contributed by atoms with E-state index in [1.54, 1.807) is 11.1 Å². The Labute approximate surface area is 152 Å². The Kier molecular flexibility index (Phi) is 5.23. The lowest BCUT2D eigenvalue weighted by Gasteiger charge is -2.22. The largest absolute Gasteiger partial charge is 0.332 e. The van der Waals surface area contributed by atoms with E-state index in [9.17, 15) is 4.79 Å². The Balaban J connectivity index is 1.96. The van der Waals surface area contributed by atoms with Gasteiger partial charge in [-0.3, -0.25) is 14.8 Å². The second-order valence-electron chi connectivity index (χ2n) is 6.27. The first-order valence-electron chi connectivity index (χ1n) is 8.52. The van der Waals surface area contributed by atoms with Crippen molar-refractivity contribution in [3.05, 3.63) is 71.2 Å². The van der Waals surface area contributed by atoms with Gasteiger partial charge in [-0.2, -0.15) is 5.26 Å². The van der Waals surface area contributed by atoms with Gasteiger partial charge in [-0.15, -0.1) is 0 Å². The van der Waals surface area contributed by atoms with Gasteiger partial charge in [0.1, 0.15) is 0 Å². The molecule has 5 heteroatoms. The standard InChI is InChI=1S/C21H20N4O/c1-15-7-8-20-17(12-15)13-19(16(2)24-20)21(26)25(11-5-9-22)14-18-6-3-4-10-23-18/h3-4,6-8,10,12-13H,5,11,14H2,1-2H3. The summed E-state index contributed by atoms with van der Waals surface area (Å²) < 4.78 is 0. The number of nitrogens with zero attached hydrogens (tertiary/aromatic N) is 4. The van der Waals surface area contributed by atoms with Crippen LogP contribution >= 0.6 is 0 Å². The zero-order valence-corrected chi connectivity index (χ0v) is 14.9. The van der Waals surface area contributed by atoms with Gasteiger partial charge in [0.2, 0.25) is 0 Å². The summed E-state index contributed by atoms with van der Waals surface area (Å²) in [7, 11) is 0. The van der Waals surface area contributed by atoms with Gasteiger partial charge < -0.3 is 4.90 Å². The molecular weight excluding hydrogens is 324 g/mol. The highest BCUT2D eigenvalue weighted by atomic mass is 16.2. The third-order valence-corrected chi connectivity index (χ3v) is 4.25. The lowest BCUT2D eigenvalue weighted by molar-refractivity contribution is 0.0744. The number of fused-ring (bicyclic) bond motifs is 1. The summed E-state index contributed by atoms with van der Waals surface area (Å²) in [4.78, 5) is 23.7. The molecule has 26 heavy (non-hydrogen) atoms. The minimum Gasteiger partial charge on any atom is -0.332 e. The number of pyridine rings is 2. The first-order chi connectivity index (χ1) is 12.6. The molecule has 0 atom stereocenters. The lowest BCUT2D eigenvalue weighted by atomic mass is 10.1. The molecule has 0 aliphatic carbocycles. The van der Waals surface area contributed by atoms with Crippen molar-refractivity contribution in [1.82, 2.24) is 14.9 Å². The maximum atomic E-state index is 13.2. The maximum absolute atomic E-state index is 13.2. The van der Waals surface area contributed by atoms with Crippen LogP contribution in [0.15, 0.2) is 48.7 Å². The number of amides is 1. The summed E-state index contributed by atoms with van der Waals surface area (Å²) in [6.07, 6.45) is 1.98. The number of benzene rings is 1. The summed E-state index contributed by atoms with van der Waals surface area (Å²) >= 11 is 0. The molecule has 0 spiro atoms. The predicted octanol–water partition coefficient (Wildman–Crippen LogP) is 3.80. The van der Waals surface area contributed by atoms with E-state index < -0.39 is 0 Å². The van der Waals surface area contributed by atoms with Crippen LogP contribution in [0.5, 0.6) is 0 Å². The number of rotatable bonds is 5. The smallest absolute Gasteiger partial charge is 0.256 e. The molecule has 0 saturated carbocycles. The number of hydrogen-bond acceptors (Lipinski definition) is 4. The molecule has 0 N–H and O–H groups in total. The Morgan fingerprint density at radius 1 is 1.19 bits per heavy atom. The summed E-state index contributed by atoms with van der Waals surface area (Å²) in [6.45, 7) is 4.58. The van der Waals surface area contributed by atoms with E-state index in [1.807, 2.05) is 56.3 Å². The maximum Gasteiger partial charge on any atom is 0.256 e. The van der Waals surface area contributed by atoms with Gasteiger partial charge >= 0.3 is 0 Å². The van der Waals surface area contributed by atoms with Crippen LogP contribution in [0, 0.1) is 25.2 Å². The summed E-state index contributed by atoms with van der Waals surface area (Å²) in [5.41, 5.74) is 4.04. The molecule has 2 aromatic heterocycles. The molecule has 3 aromatic rings. The van der Waals surface area contributed by atoms with Gasteiger partial charge in [0.05, 0.1) is 41.5 Å². The molecule has 0 unspecified atom stereocenters. The molecule has 2 heterocycles. The van der Waals surface area contributed by atoms with Crippen molar-refractivity contribution >= 4 is 16.8 Å². The van der Waals surface area contributed by atoms with Gasteiger partial charge in [-0.05, 0) is 44.2 Å². The highest BCUT2D eigenvalue weighted by Crippen LogP contribution is 2.20. The highest BCUT2D eigenvalue weighted by molar-refractivity contribution is 5.98. The Bertz CT molecular complexity index is 976. The van der Waals surface area contributed by atoms with Crippen LogP contribution in [0.1, 0.15) is 33.7 Å². The van der Waals surface area contributed by atoms with E-state index >= 15 is 0 Å². The normalized spacial score (nSPS) is 10.5. The third-order valence-electron chi connectivity index (χ3n) is 4.25. The number of aromatic nitrogens is 2. The Hall–Kier alpha value is -3.26. The molecule has 5 nitrogen and oxygen atoms in total. The minimum atomic E-state index is -0.126. The van der Waals surface area contributed by atoms with E-state index in [0.29, 0.717) is 24.3 Å². The number of nitriles is 1. The van der Waals surface area contributed by atoms with E-state index in [4.69, 9.17) is 5.26 Å². The van der Waals surface area contributed by atoms with Gasteiger partial charge in [0.15, 0.2) is 0 Å². The topological polar surface area (TPSA) is 69.9 Å². The number of carbonyl (C=O) groups excluding carboxylic acids is 1. The van der Waals surface area contributed by atoms with E-state index in [-0.39, 0.29) is 12.3 Å². The highest BCUT2D eigenvalue weighted by Gasteiger charge is 2.19. The second-order valence-corrected chi connectivity index (χ2v) is 6.27. The second kappa shape index (κ2) is 7.75. The van der Waals surface area contributed by atoms with Gasteiger partial charge in [-0.1, -0.05) is 17.7 Å². The molecule has 0 aliphatic heterocycles. The van der Waals surface area contributed by atoms with Crippen LogP contribution in [0.2, 0.25) is 0 Å². The predicted molar refractivity (Wildman–Crippen MR) is 100 cm³/mol. The molecule has 1 aromatic carbocycles. The van der Waals surface area contributed by atoms with Crippen LogP contribution in [-0.2, 0) is 6.54 Å². The van der Waals surface area contributed by atoms with Crippen molar-refractivity contribution in [3.63, 3.8) is 0 Å². The fourth-order valence-corrected chi connectivity index (χ4v) is 2.90. The van der Waals surface area contributed by atoms with Crippen LogP contribution in [0.4, 0.5) is 0 Å². The van der Waals surface area contributed by atoms with Crippen LogP contribution in [0.25, 0.3) is 10.9 Å². The average molecular weight is 344 g/mol. The van der Waals surface area contributed by atoms with Crippen molar-refractivity contribution in [2.45, 2.75) is 26.8 Å². The van der Waals surface area contributed by atoms with E-state index in [2.05, 4.69) is 16.0 Å². The molecule has 0 aliphatic rings. The summed E-state index contributed by atoms with van der Waals surface area (Å²) in [6, 6.07) is 15.6. The van der Waals surface area contributed by atoms with Gasteiger partial charge in [0, 0.05) is 18.1 Å². The first kappa shape index (κ1) is 17.6. The molecular formula is C21H20N4O. The van der Waals surface area contributed by atoms with Crippen molar-refractivity contribution in [1.29, 1.82) is 5.26 Å². The number of aryl methyl sites for hydroxylation is 2. The molecule has 0 bridgehead atoms. The number of carbonyl (C=O) groups is 1. The molecule has 0 saturated heterocycles. The SMILES string of the molecule is Cc1ccc2nc(C)c(C(=O)N(CCC#N)Cc3ccccn3)cc2c1. The summed E-state index contributed by atoms with van der Waals surface area (Å²) in [5.74, 6) is -0.126. The lowest BCUT2D eigenvalue weighted by Crippen LogP contribution is -2.32. The van der Waals surface area contributed by atoms with Crippen molar-refractivity contribution in [2.24, 2.45) is 0 Å². The van der Waals surface area contributed by atoms with Crippen molar-refractivity contribution in [2.75, 3.05) is 6.54 Å². The monoisotopic (exact) mass is 344 g/mol. The first-order valence-corrected chi connectivity index (χ1v) is 8.52. The molecule has 130 valence electrons. The fourth-order valence-electron chi connectivity index (χ4n) is 2.90. The van der Waals surface area contributed by atoms with Crippen LogP contribution in [-0.4, -0.2) is 27.3 Å². The Morgan fingerprint density at radius 2 is 2.04 bits per heavy atom. The van der Waals surface area contributed by atoms with Gasteiger partial charge in [0.25, 0.3) is 5.91 Å². The van der Waals surface area contributed by atoms with Crippen LogP contribution < -0.4 is 0 Å². The summed E-state index contributed by atoms with van der Waals surface area (Å²) in [5, 5.41) is 9.89. The zero-order chi connectivity index (χ0) is 18.5. The molecule has 1 amide bonds. The molecule has 0 fully saturated rings. The van der Waals surface area contributed by atoms with E-state index in [1.165, 1.54) is 0 Å². The Morgan fingerprint density at radius 3 is 2.77 bits per heavy atom. The molecule has 0 radical (unpaired) electrons. The fraction of sp³-hybridized carbons (Fsp3) is 0.238. The van der Waals surface area contributed by atoms with Gasteiger partial charge in [-0.25, -0.2) is 0 Å².